The van der Waals surface area contributed by atoms with Gasteiger partial charge in [0.15, 0.2) is 0 Å². The van der Waals surface area contributed by atoms with E-state index in [9.17, 15) is 0 Å². The van der Waals surface area contributed by atoms with Gasteiger partial charge in [0.1, 0.15) is 0 Å². The van der Waals surface area contributed by atoms with Gasteiger partial charge in [-0.1, -0.05) is 6.92 Å². The summed E-state index contributed by atoms with van der Waals surface area (Å²) in [5.41, 5.74) is 6.47. The third kappa shape index (κ3) is 2.45. The summed E-state index contributed by atoms with van der Waals surface area (Å²) < 4.78 is 0. The van der Waals surface area contributed by atoms with Crippen molar-refractivity contribution in [3.05, 3.63) is 18.0 Å². The molecule has 0 amide bonds. The third-order valence-corrected chi connectivity index (χ3v) is 3.05. The van der Waals surface area contributed by atoms with E-state index in [0.29, 0.717) is 6.54 Å². The molecule has 15 heavy (non-hydrogen) atoms. The van der Waals surface area contributed by atoms with Gasteiger partial charge in [-0.05, 0) is 18.3 Å². The molecule has 0 spiro atoms. The van der Waals surface area contributed by atoms with Crippen molar-refractivity contribution in [1.29, 1.82) is 0 Å². The SMILES string of the molecule is CC1CC1CN(C)c1ncc(CN)cn1. The van der Waals surface area contributed by atoms with Crippen LogP contribution in [0.4, 0.5) is 5.95 Å². The van der Waals surface area contributed by atoms with Crippen molar-refractivity contribution in [3.63, 3.8) is 0 Å². The van der Waals surface area contributed by atoms with Crippen LogP contribution in [0.5, 0.6) is 0 Å². The van der Waals surface area contributed by atoms with Crippen LogP contribution in [0.3, 0.4) is 0 Å². The van der Waals surface area contributed by atoms with Gasteiger partial charge in [-0.25, -0.2) is 9.97 Å². The largest absolute Gasteiger partial charge is 0.344 e. The fourth-order valence-corrected chi connectivity index (χ4v) is 1.74. The predicted molar refractivity (Wildman–Crippen MR) is 60.5 cm³/mol. The van der Waals surface area contributed by atoms with Crippen molar-refractivity contribution in [1.82, 2.24) is 9.97 Å². The van der Waals surface area contributed by atoms with E-state index in [1.807, 2.05) is 7.05 Å². The Kier molecular flexibility index (Phi) is 2.86. The van der Waals surface area contributed by atoms with Crippen LogP contribution in [0.1, 0.15) is 18.9 Å². The van der Waals surface area contributed by atoms with E-state index in [2.05, 4.69) is 21.8 Å². The summed E-state index contributed by atoms with van der Waals surface area (Å²) in [6, 6.07) is 0. The van der Waals surface area contributed by atoms with E-state index in [1.54, 1.807) is 12.4 Å². The minimum absolute atomic E-state index is 0.504. The summed E-state index contributed by atoms with van der Waals surface area (Å²) in [6.45, 7) is 3.85. The van der Waals surface area contributed by atoms with Crippen LogP contribution in [0.2, 0.25) is 0 Å². The highest BCUT2D eigenvalue weighted by molar-refractivity contribution is 5.28. The average molecular weight is 206 g/mol. The lowest BCUT2D eigenvalue weighted by atomic mass is 10.3. The van der Waals surface area contributed by atoms with Crippen molar-refractivity contribution in [2.75, 3.05) is 18.5 Å². The van der Waals surface area contributed by atoms with Gasteiger partial charge in [-0.15, -0.1) is 0 Å². The van der Waals surface area contributed by atoms with Gasteiger partial charge in [-0.2, -0.15) is 0 Å². The molecule has 82 valence electrons. The molecule has 0 saturated heterocycles. The van der Waals surface area contributed by atoms with Crippen molar-refractivity contribution >= 4 is 5.95 Å². The fourth-order valence-electron chi connectivity index (χ4n) is 1.74. The summed E-state index contributed by atoms with van der Waals surface area (Å²) >= 11 is 0. The van der Waals surface area contributed by atoms with E-state index >= 15 is 0 Å². The number of hydrogen-bond donors (Lipinski definition) is 1. The van der Waals surface area contributed by atoms with E-state index < -0.39 is 0 Å². The van der Waals surface area contributed by atoms with E-state index in [4.69, 9.17) is 5.73 Å². The summed E-state index contributed by atoms with van der Waals surface area (Å²) in [5, 5.41) is 0. The van der Waals surface area contributed by atoms with Gasteiger partial charge in [0.05, 0.1) is 0 Å². The number of nitrogens with zero attached hydrogens (tertiary/aromatic N) is 3. The molecule has 2 rings (SSSR count). The molecule has 4 nitrogen and oxygen atoms in total. The predicted octanol–water partition coefficient (Wildman–Crippen LogP) is 1.03. The van der Waals surface area contributed by atoms with Gasteiger partial charge < -0.3 is 10.6 Å². The molecule has 1 aromatic heterocycles. The Bertz CT molecular complexity index is 322. The zero-order valence-corrected chi connectivity index (χ0v) is 9.35. The number of hydrogen-bond acceptors (Lipinski definition) is 4. The maximum absolute atomic E-state index is 5.49. The molecule has 4 heteroatoms. The molecule has 1 fully saturated rings. The molecular formula is C11H18N4. The molecule has 0 bridgehead atoms. The lowest BCUT2D eigenvalue weighted by Crippen LogP contribution is -2.22. The van der Waals surface area contributed by atoms with Crippen LogP contribution in [0.15, 0.2) is 12.4 Å². The van der Waals surface area contributed by atoms with Crippen LogP contribution in [0, 0.1) is 11.8 Å². The maximum Gasteiger partial charge on any atom is 0.225 e. The molecule has 1 saturated carbocycles. The molecule has 2 unspecified atom stereocenters. The summed E-state index contributed by atoms with van der Waals surface area (Å²) in [5.74, 6) is 2.50. The quantitative estimate of drug-likeness (QED) is 0.799. The number of aromatic nitrogens is 2. The third-order valence-electron chi connectivity index (χ3n) is 3.05. The van der Waals surface area contributed by atoms with Crippen molar-refractivity contribution in [3.8, 4) is 0 Å². The van der Waals surface area contributed by atoms with Gasteiger partial charge in [0.25, 0.3) is 0 Å². The van der Waals surface area contributed by atoms with Crippen molar-refractivity contribution in [2.24, 2.45) is 17.6 Å². The maximum atomic E-state index is 5.49. The Morgan fingerprint density at radius 3 is 2.53 bits per heavy atom. The van der Waals surface area contributed by atoms with E-state index in [0.717, 1.165) is 29.9 Å². The van der Waals surface area contributed by atoms with Crippen LogP contribution in [-0.4, -0.2) is 23.6 Å². The first-order chi connectivity index (χ1) is 7.20. The summed E-state index contributed by atoms with van der Waals surface area (Å²) in [4.78, 5) is 10.7. The second-order valence-corrected chi connectivity index (χ2v) is 4.45. The van der Waals surface area contributed by atoms with Gasteiger partial charge in [-0.3, -0.25) is 0 Å². The highest BCUT2D eigenvalue weighted by atomic mass is 15.2. The van der Waals surface area contributed by atoms with Crippen LogP contribution in [-0.2, 0) is 6.54 Å². The first kappa shape index (κ1) is 10.4. The molecule has 1 aromatic rings. The molecular weight excluding hydrogens is 188 g/mol. The van der Waals surface area contributed by atoms with Crippen molar-refractivity contribution < 1.29 is 0 Å². The standard InChI is InChI=1S/C11H18N4/c1-8-3-10(8)7-15(2)11-13-5-9(4-12)6-14-11/h5-6,8,10H,3-4,7,12H2,1-2H3. The van der Waals surface area contributed by atoms with E-state index in [1.165, 1.54) is 6.42 Å². The molecule has 0 radical (unpaired) electrons. The zero-order chi connectivity index (χ0) is 10.8. The highest BCUT2D eigenvalue weighted by Crippen LogP contribution is 2.38. The van der Waals surface area contributed by atoms with Crippen LogP contribution >= 0.6 is 0 Å². The van der Waals surface area contributed by atoms with Crippen LogP contribution < -0.4 is 10.6 Å². The smallest absolute Gasteiger partial charge is 0.225 e. The lowest BCUT2D eigenvalue weighted by Gasteiger charge is -2.16. The van der Waals surface area contributed by atoms with Crippen molar-refractivity contribution in [2.45, 2.75) is 19.9 Å². The topological polar surface area (TPSA) is 55.0 Å². The van der Waals surface area contributed by atoms with Gasteiger partial charge >= 0.3 is 0 Å². The molecule has 2 N–H and O–H groups in total. The molecule has 0 aromatic carbocycles. The minimum Gasteiger partial charge on any atom is -0.344 e. The molecule has 1 aliphatic carbocycles. The minimum atomic E-state index is 0.504. The average Bonchev–Trinajstić information content (AvgIpc) is 2.94. The molecule has 1 heterocycles. The van der Waals surface area contributed by atoms with Gasteiger partial charge in [0.2, 0.25) is 5.95 Å². The lowest BCUT2D eigenvalue weighted by molar-refractivity contribution is 0.711. The Morgan fingerprint density at radius 1 is 1.47 bits per heavy atom. The number of anilines is 1. The number of nitrogens with two attached hydrogens (primary N) is 1. The first-order valence-electron chi connectivity index (χ1n) is 5.43. The zero-order valence-electron chi connectivity index (χ0n) is 9.35. The monoisotopic (exact) mass is 206 g/mol. The van der Waals surface area contributed by atoms with E-state index in [-0.39, 0.29) is 0 Å². The Balaban J connectivity index is 1.95. The second-order valence-electron chi connectivity index (χ2n) is 4.45. The normalized spacial score (nSPS) is 23.9. The molecule has 1 aliphatic rings. The Morgan fingerprint density at radius 2 is 2.07 bits per heavy atom. The second kappa shape index (κ2) is 4.14. The highest BCUT2D eigenvalue weighted by Gasteiger charge is 2.33. The Hall–Kier alpha value is -1.16. The summed E-state index contributed by atoms with van der Waals surface area (Å²) in [7, 11) is 2.04. The molecule has 2 atom stereocenters. The number of rotatable bonds is 4. The fraction of sp³-hybridized carbons (Fsp3) is 0.636. The molecule has 0 aliphatic heterocycles. The Labute approximate surface area is 90.5 Å². The van der Waals surface area contributed by atoms with Crippen LogP contribution in [0.25, 0.3) is 0 Å². The summed E-state index contributed by atoms with van der Waals surface area (Å²) in [6.07, 6.45) is 4.94. The first-order valence-corrected chi connectivity index (χ1v) is 5.43. The van der Waals surface area contributed by atoms with Gasteiger partial charge in [0, 0.05) is 38.1 Å².